The third-order valence-corrected chi connectivity index (χ3v) is 6.41. The molecular weight excluding hydrogens is 374 g/mol. The van der Waals surface area contributed by atoms with Crippen LogP contribution in [0.5, 0.6) is 0 Å². The van der Waals surface area contributed by atoms with E-state index in [0.717, 1.165) is 41.9 Å². The number of aryl methyl sites for hydroxylation is 1. The van der Waals surface area contributed by atoms with E-state index in [0.29, 0.717) is 5.13 Å². The van der Waals surface area contributed by atoms with Crippen LogP contribution < -0.4 is 5.32 Å². The van der Waals surface area contributed by atoms with Crippen LogP contribution in [0.3, 0.4) is 0 Å². The average molecular weight is 398 g/mol. The first-order valence-corrected chi connectivity index (χ1v) is 10.5. The highest BCUT2D eigenvalue weighted by Crippen LogP contribution is 2.37. The number of hydrogen-bond acceptors (Lipinski definition) is 5. The number of carbonyl (C=O) groups is 3. The van der Waals surface area contributed by atoms with Gasteiger partial charge in [-0.3, -0.25) is 19.3 Å². The lowest BCUT2D eigenvalue weighted by atomic mass is 9.81. The van der Waals surface area contributed by atoms with Gasteiger partial charge in [0.1, 0.15) is 6.54 Å². The third-order valence-electron chi connectivity index (χ3n) is 5.49. The Morgan fingerprint density at radius 1 is 1.21 bits per heavy atom. The summed E-state index contributed by atoms with van der Waals surface area (Å²) in [7, 11) is 0. The molecule has 1 aromatic carbocycles. The Morgan fingerprint density at radius 3 is 2.61 bits per heavy atom. The highest BCUT2D eigenvalue weighted by Gasteiger charge is 2.48. The minimum atomic E-state index is -0.378. The van der Waals surface area contributed by atoms with Crippen LogP contribution >= 0.6 is 11.3 Å². The monoisotopic (exact) mass is 397 g/mol. The second kappa shape index (κ2) is 7.83. The van der Waals surface area contributed by atoms with Crippen molar-refractivity contribution < 1.29 is 14.4 Å². The second-order valence-corrected chi connectivity index (χ2v) is 8.72. The third kappa shape index (κ3) is 3.85. The lowest BCUT2D eigenvalue weighted by Crippen LogP contribution is -2.38. The molecule has 4 rings (SSSR count). The maximum absolute atomic E-state index is 12.5. The molecule has 3 amide bonds. The topological polar surface area (TPSA) is 79.4 Å². The fourth-order valence-corrected chi connectivity index (χ4v) is 5.02. The zero-order valence-electron chi connectivity index (χ0n) is 15.8. The van der Waals surface area contributed by atoms with Crippen molar-refractivity contribution in [2.45, 2.75) is 39.0 Å². The molecule has 0 radical (unpaired) electrons. The number of amides is 3. The first kappa shape index (κ1) is 18.8. The predicted molar refractivity (Wildman–Crippen MR) is 107 cm³/mol. The summed E-state index contributed by atoms with van der Waals surface area (Å²) in [5, 5.41) is 3.22. The number of aromatic nitrogens is 1. The smallest absolute Gasteiger partial charge is 0.246 e. The van der Waals surface area contributed by atoms with Gasteiger partial charge in [0.2, 0.25) is 17.7 Å². The zero-order valence-corrected chi connectivity index (χ0v) is 16.6. The summed E-state index contributed by atoms with van der Waals surface area (Å²) >= 11 is 1.41. The number of anilines is 1. The molecule has 6 nitrogen and oxygen atoms in total. The molecule has 1 aliphatic heterocycles. The summed E-state index contributed by atoms with van der Waals surface area (Å²) in [6.45, 7) is 1.83. The molecule has 1 saturated carbocycles. The summed E-state index contributed by atoms with van der Waals surface area (Å²) in [6.07, 6.45) is 5.96. The molecule has 146 valence electrons. The van der Waals surface area contributed by atoms with Gasteiger partial charge in [-0.25, -0.2) is 4.98 Å². The van der Waals surface area contributed by atoms with E-state index < -0.39 is 0 Å². The molecule has 1 saturated heterocycles. The molecule has 0 bridgehead atoms. The average Bonchev–Trinajstić information content (AvgIpc) is 3.20. The van der Waals surface area contributed by atoms with Gasteiger partial charge in [-0.1, -0.05) is 42.7 Å². The first-order valence-electron chi connectivity index (χ1n) is 9.66. The molecule has 0 spiro atoms. The van der Waals surface area contributed by atoms with E-state index in [-0.39, 0.29) is 36.1 Å². The van der Waals surface area contributed by atoms with Crippen LogP contribution in [-0.2, 0) is 20.8 Å². The van der Waals surface area contributed by atoms with Gasteiger partial charge in [-0.15, -0.1) is 11.3 Å². The lowest BCUT2D eigenvalue weighted by molar-refractivity contribution is -0.142. The van der Waals surface area contributed by atoms with Gasteiger partial charge in [0.15, 0.2) is 5.13 Å². The Bertz CT molecular complexity index is 899. The first-order chi connectivity index (χ1) is 13.5. The quantitative estimate of drug-likeness (QED) is 0.786. The fraction of sp³-hybridized carbons (Fsp3) is 0.429. The standard InChI is InChI=1S/C21H23N3O3S/c1-13-5-4-6-14(9-13)10-15-11-22-21(28-15)23-18(25)12-24-19(26)16-7-2-3-8-17(16)20(24)27/h4-6,9,11,16-17H,2-3,7-8,10,12H2,1H3,(H,22,23,25)/t16-,17-/m1/s1. The molecule has 1 aromatic heterocycles. The number of carbonyl (C=O) groups excluding carboxylic acids is 3. The number of fused-ring (bicyclic) bond motifs is 1. The summed E-state index contributed by atoms with van der Waals surface area (Å²) in [5.41, 5.74) is 2.40. The van der Waals surface area contributed by atoms with Crippen LogP contribution in [0.15, 0.2) is 30.5 Å². The van der Waals surface area contributed by atoms with Crippen LogP contribution in [0.4, 0.5) is 5.13 Å². The Morgan fingerprint density at radius 2 is 1.93 bits per heavy atom. The van der Waals surface area contributed by atoms with Gasteiger partial charge in [0, 0.05) is 17.5 Å². The van der Waals surface area contributed by atoms with E-state index in [1.54, 1.807) is 6.20 Å². The number of nitrogens with zero attached hydrogens (tertiary/aromatic N) is 2. The number of thiazole rings is 1. The van der Waals surface area contributed by atoms with Crippen LogP contribution in [0.1, 0.15) is 41.7 Å². The van der Waals surface area contributed by atoms with E-state index in [4.69, 9.17) is 0 Å². The van der Waals surface area contributed by atoms with E-state index in [1.165, 1.54) is 22.5 Å². The van der Waals surface area contributed by atoms with Crippen molar-refractivity contribution in [2.75, 3.05) is 11.9 Å². The highest BCUT2D eigenvalue weighted by molar-refractivity contribution is 7.15. The lowest BCUT2D eigenvalue weighted by Gasteiger charge is -2.19. The zero-order chi connectivity index (χ0) is 19.7. The van der Waals surface area contributed by atoms with Crippen LogP contribution in [0.2, 0.25) is 0 Å². The molecule has 1 N–H and O–H groups in total. The van der Waals surface area contributed by atoms with Crippen molar-refractivity contribution in [3.63, 3.8) is 0 Å². The molecule has 2 aromatic rings. The Labute approximate surface area is 168 Å². The van der Waals surface area contributed by atoms with Gasteiger partial charge in [-0.2, -0.15) is 0 Å². The van der Waals surface area contributed by atoms with Gasteiger partial charge in [-0.05, 0) is 25.3 Å². The SMILES string of the molecule is Cc1cccc(Cc2cnc(NC(=O)CN3C(=O)[C@@H]4CCCC[C@H]4C3=O)s2)c1. The summed E-state index contributed by atoms with van der Waals surface area (Å²) < 4.78 is 0. The maximum atomic E-state index is 12.5. The van der Waals surface area contributed by atoms with Crippen LogP contribution in [0.25, 0.3) is 0 Å². The minimum absolute atomic E-state index is 0.191. The number of benzene rings is 1. The number of nitrogens with one attached hydrogen (secondary N) is 1. The van der Waals surface area contributed by atoms with Crippen LogP contribution in [0, 0.1) is 18.8 Å². The van der Waals surface area contributed by atoms with Crippen molar-refractivity contribution in [1.82, 2.24) is 9.88 Å². The number of hydrogen-bond donors (Lipinski definition) is 1. The molecule has 1 aliphatic carbocycles. The van der Waals surface area contributed by atoms with Gasteiger partial charge < -0.3 is 5.32 Å². The molecule has 2 fully saturated rings. The van der Waals surface area contributed by atoms with Crippen molar-refractivity contribution in [3.05, 3.63) is 46.5 Å². The van der Waals surface area contributed by atoms with Crippen molar-refractivity contribution >= 4 is 34.2 Å². The summed E-state index contributed by atoms with van der Waals surface area (Å²) in [4.78, 5) is 43.8. The molecule has 7 heteroatoms. The normalized spacial score (nSPS) is 21.7. The molecule has 28 heavy (non-hydrogen) atoms. The van der Waals surface area contributed by atoms with Crippen molar-refractivity contribution in [3.8, 4) is 0 Å². The molecule has 2 heterocycles. The van der Waals surface area contributed by atoms with Crippen molar-refractivity contribution in [1.29, 1.82) is 0 Å². The van der Waals surface area contributed by atoms with E-state index in [2.05, 4.69) is 35.4 Å². The van der Waals surface area contributed by atoms with Crippen molar-refractivity contribution in [2.24, 2.45) is 11.8 Å². The molecular formula is C21H23N3O3S. The summed E-state index contributed by atoms with van der Waals surface area (Å²) in [6, 6.07) is 8.27. The minimum Gasteiger partial charge on any atom is -0.300 e. The Balaban J connectivity index is 1.36. The van der Waals surface area contributed by atoms with Crippen LogP contribution in [-0.4, -0.2) is 34.2 Å². The van der Waals surface area contributed by atoms with Gasteiger partial charge in [0.05, 0.1) is 11.8 Å². The number of likely N-dealkylation sites (tertiary alicyclic amines) is 1. The highest BCUT2D eigenvalue weighted by atomic mass is 32.1. The largest absolute Gasteiger partial charge is 0.300 e. The predicted octanol–water partition coefficient (Wildman–Crippen LogP) is 3.16. The molecule has 2 atom stereocenters. The number of rotatable bonds is 5. The Kier molecular flexibility index (Phi) is 5.26. The second-order valence-electron chi connectivity index (χ2n) is 7.61. The maximum Gasteiger partial charge on any atom is 0.246 e. The van der Waals surface area contributed by atoms with Gasteiger partial charge in [0.25, 0.3) is 0 Å². The molecule has 2 aliphatic rings. The Hall–Kier alpha value is -2.54. The van der Waals surface area contributed by atoms with E-state index in [1.807, 2.05) is 6.07 Å². The molecule has 0 unspecified atom stereocenters. The number of imide groups is 1. The van der Waals surface area contributed by atoms with E-state index in [9.17, 15) is 14.4 Å². The van der Waals surface area contributed by atoms with Gasteiger partial charge >= 0.3 is 0 Å². The fourth-order valence-electron chi connectivity index (χ4n) is 4.16. The summed E-state index contributed by atoms with van der Waals surface area (Å²) in [5.74, 6) is -1.21. The van der Waals surface area contributed by atoms with E-state index >= 15 is 0 Å².